The minimum Gasteiger partial charge on any atom is -0.378 e. The standard InChI is InChI=1S/C16H23ClN2O2/c1-12(13-2-4-14(17)5-3-13)19-16(20)8-11-21-15-6-9-18-10-7-15/h2-5,12,15,18H,6-11H2,1H3,(H,19,20). The van der Waals surface area contributed by atoms with E-state index < -0.39 is 0 Å². The van der Waals surface area contributed by atoms with E-state index in [0.717, 1.165) is 31.5 Å². The molecule has 1 amide bonds. The lowest BCUT2D eigenvalue weighted by Gasteiger charge is -2.23. The van der Waals surface area contributed by atoms with Gasteiger partial charge in [0.2, 0.25) is 5.91 Å². The summed E-state index contributed by atoms with van der Waals surface area (Å²) in [6.07, 6.45) is 2.76. The number of rotatable bonds is 6. The molecule has 1 aromatic rings. The first-order valence-corrected chi connectivity index (χ1v) is 7.90. The molecule has 0 spiro atoms. The van der Waals surface area contributed by atoms with Gasteiger partial charge in [0.1, 0.15) is 0 Å². The van der Waals surface area contributed by atoms with Gasteiger partial charge in [0.15, 0.2) is 0 Å². The molecule has 0 aliphatic carbocycles. The number of ether oxygens (including phenoxy) is 1. The van der Waals surface area contributed by atoms with Gasteiger partial charge in [-0.3, -0.25) is 4.79 Å². The molecule has 1 aliphatic rings. The quantitative estimate of drug-likeness (QED) is 0.849. The van der Waals surface area contributed by atoms with Crippen molar-refractivity contribution in [3.8, 4) is 0 Å². The molecule has 1 fully saturated rings. The topological polar surface area (TPSA) is 50.4 Å². The summed E-state index contributed by atoms with van der Waals surface area (Å²) in [6.45, 7) is 4.47. The van der Waals surface area contributed by atoms with Gasteiger partial charge in [-0.25, -0.2) is 0 Å². The monoisotopic (exact) mass is 310 g/mol. The minimum atomic E-state index is -0.0198. The first-order valence-electron chi connectivity index (χ1n) is 7.52. The minimum absolute atomic E-state index is 0.0198. The third kappa shape index (κ3) is 5.65. The molecule has 116 valence electrons. The van der Waals surface area contributed by atoms with Gasteiger partial charge in [-0.2, -0.15) is 0 Å². The highest BCUT2D eigenvalue weighted by atomic mass is 35.5. The summed E-state index contributed by atoms with van der Waals surface area (Å²) >= 11 is 5.86. The Bertz CT molecular complexity index is 444. The zero-order valence-electron chi connectivity index (χ0n) is 12.4. The summed E-state index contributed by atoms with van der Waals surface area (Å²) in [6, 6.07) is 7.51. The Kier molecular flexibility index (Phi) is 6.49. The van der Waals surface area contributed by atoms with Crippen LogP contribution in [0.2, 0.25) is 5.02 Å². The maximum Gasteiger partial charge on any atom is 0.222 e. The number of piperidine rings is 1. The highest BCUT2D eigenvalue weighted by Crippen LogP contribution is 2.16. The van der Waals surface area contributed by atoms with Crippen LogP contribution in [0.1, 0.15) is 37.8 Å². The highest BCUT2D eigenvalue weighted by Gasteiger charge is 2.14. The average Bonchev–Trinajstić information content (AvgIpc) is 2.49. The molecule has 21 heavy (non-hydrogen) atoms. The molecule has 1 unspecified atom stereocenters. The van der Waals surface area contributed by atoms with Crippen molar-refractivity contribution in [2.75, 3.05) is 19.7 Å². The molecule has 1 aromatic carbocycles. The SMILES string of the molecule is CC(NC(=O)CCOC1CCNCC1)c1ccc(Cl)cc1. The summed E-state index contributed by atoms with van der Waals surface area (Å²) in [7, 11) is 0. The summed E-state index contributed by atoms with van der Waals surface area (Å²) in [4.78, 5) is 11.9. The molecule has 1 atom stereocenters. The zero-order chi connectivity index (χ0) is 15.1. The Morgan fingerprint density at radius 1 is 1.38 bits per heavy atom. The van der Waals surface area contributed by atoms with E-state index in [1.165, 1.54) is 0 Å². The maximum absolute atomic E-state index is 11.9. The van der Waals surface area contributed by atoms with Crippen molar-refractivity contribution in [1.29, 1.82) is 0 Å². The lowest BCUT2D eigenvalue weighted by atomic mass is 10.1. The number of benzene rings is 1. The van der Waals surface area contributed by atoms with Crippen LogP contribution >= 0.6 is 11.6 Å². The molecule has 0 radical (unpaired) electrons. The van der Waals surface area contributed by atoms with E-state index in [1.807, 2.05) is 31.2 Å². The van der Waals surface area contributed by atoms with Crippen LogP contribution < -0.4 is 10.6 Å². The Morgan fingerprint density at radius 2 is 2.05 bits per heavy atom. The Morgan fingerprint density at radius 3 is 2.71 bits per heavy atom. The van der Waals surface area contributed by atoms with E-state index in [2.05, 4.69) is 10.6 Å². The maximum atomic E-state index is 11.9. The zero-order valence-corrected chi connectivity index (χ0v) is 13.2. The van der Waals surface area contributed by atoms with Crippen LogP contribution in [0.3, 0.4) is 0 Å². The third-order valence-corrected chi connectivity index (χ3v) is 3.97. The Labute approximate surface area is 131 Å². The van der Waals surface area contributed by atoms with Crippen molar-refractivity contribution in [3.05, 3.63) is 34.9 Å². The van der Waals surface area contributed by atoms with Gasteiger partial charge in [-0.15, -0.1) is 0 Å². The van der Waals surface area contributed by atoms with Gasteiger partial charge >= 0.3 is 0 Å². The van der Waals surface area contributed by atoms with Gasteiger partial charge in [-0.1, -0.05) is 23.7 Å². The van der Waals surface area contributed by atoms with Crippen molar-refractivity contribution < 1.29 is 9.53 Å². The van der Waals surface area contributed by atoms with Crippen LogP contribution in [0.5, 0.6) is 0 Å². The highest BCUT2D eigenvalue weighted by molar-refractivity contribution is 6.30. The molecule has 0 bridgehead atoms. The number of halogens is 1. The molecule has 1 aliphatic heterocycles. The average molecular weight is 311 g/mol. The van der Waals surface area contributed by atoms with E-state index in [4.69, 9.17) is 16.3 Å². The number of carbonyl (C=O) groups is 1. The summed E-state index contributed by atoms with van der Waals surface area (Å²) in [5.74, 6) is 0.0198. The molecule has 4 nitrogen and oxygen atoms in total. The molecular weight excluding hydrogens is 288 g/mol. The number of amides is 1. The van der Waals surface area contributed by atoms with Crippen LogP contribution in [-0.2, 0) is 9.53 Å². The van der Waals surface area contributed by atoms with Gasteiger partial charge in [0.25, 0.3) is 0 Å². The third-order valence-electron chi connectivity index (χ3n) is 3.72. The second-order valence-electron chi connectivity index (χ2n) is 5.41. The Balaban J connectivity index is 1.67. The second-order valence-corrected chi connectivity index (χ2v) is 5.85. The smallest absolute Gasteiger partial charge is 0.222 e. The number of hydrogen-bond donors (Lipinski definition) is 2. The van der Waals surface area contributed by atoms with E-state index in [-0.39, 0.29) is 11.9 Å². The molecule has 0 aromatic heterocycles. The number of carbonyl (C=O) groups excluding carboxylic acids is 1. The Hall–Kier alpha value is -1.10. The van der Waals surface area contributed by atoms with Gasteiger partial charge < -0.3 is 15.4 Å². The van der Waals surface area contributed by atoms with Crippen LogP contribution in [0.25, 0.3) is 0 Å². The van der Waals surface area contributed by atoms with Gasteiger partial charge in [-0.05, 0) is 50.6 Å². The summed E-state index contributed by atoms with van der Waals surface area (Å²) in [5, 5.41) is 6.97. The first kappa shape index (κ1) is 16.3. The van der Waals surface area contributed by atoms with Crippen molar-refractivity contribution in [2.45, 2.75) is 38.3 Å². The fourth-order valence-electron chi connectivity index (χ4n) is 2.43. The molecule has 1 heterocycles. The van der Waals surface area contributed by atoms with E-state index in [0.29, 0.717) is 24.2 Å². The molecule has 2 N–H and O–H groups in total. The fraction of sp³-hybridized carbons (Fsp3) is 0.562. The van der Waals surface area contributed by atoms with E-state index in [9.17, 15) is 4.79 Å². The van der Waals surface area contributed by atoms with E-state index >= 15 is 0 Å². The number of nitrogens with one attached hydrogen (secondary N) is 2. The van der Waals surface area contributed by atoms with Gasteiger partial charge in [0, 0.05) is 11.4 Å². The lowest BCUT2D eigenvalue weighted by Crippen LogP contribution is -2.33. The summed E-state index contributed by atoms with van der Waals surface area (Å²) in [5.41, 5.74) is 1.05. The van der Waals surface area contributed by atoms with Crippen LogP contribution in [0, 0.1) is 0 Å². The second kappa shape index (κ2) is 8.37. The largest absolute Gasteiger partial charge is 0.378 e. The van der Waals surface area contributed by atoms with Crippen LogP contribution in [-0.4, -0.2) is 31.7 Å². The van der Waals surface area contributed by atoms with Crippen LogP contribution in [0.15, 0.2) is 24.3 Å². The summed E-state index contributed by atoms with van der Waals surface area (Å²) < 4.78 is 5.74. The first-order chi connectivity index (χ1) is 10.1. The predicted octanol–water partition coefficient (Wildman–Crippen LogP) is 2.68. The normalized spacial score (nSPS) is 17.4. The molecule has 5 heteroatoms. The molecular formula is C16H23ClN2O2. The van der Waals surface area contributed by atoms with Crippen LogP contribution in [0.4, 0.5) is 0 Å². The number of hydrogen-bond acceptors (Lipinski definition) is 3. The van der Waals surface area contributed by atoms with Crippen molar-refractivity contribution in [2.24, 2.45) is 0 Å². The molecule has 1 saturated heterocycles. The van der Waals surface area contributed by atoms with Crippen molar-refractivity contribution in [1.82, 2.24) is 10.6 Å². The van der Waals surface area contributed by atoms with Gasteiger partial charge in [0.05, 0.1) is 18.8 Å². The predicted molar refractivity (Wildman–Crippen MR) is 84.5 cm³/mol. The van der Waals surface area contributed by atoms with Crippen molar-refractivity contribution in [3.63, 3.8) is 0 Å². The molecule has 2 rings (SSSR count). The van der Waals surface area contributed by atoms with Crippen molar-refractivity contribution >= 4 is 17.5 Å². The lowest BCUT2D eigenvalue weighted by molar-refractivity contribution is -0.123. The van der Waals surface area contributed by atoms with E-state index in [1.54, 1.807) is 0 Å². The molecule has 0 saturated carbocycles. The fourth-order valence-corrected chi connectivity index (χ4v) is 2.55.